The first-order valence-corrected chi connectivity index (χ1v) is 5.62. The fraction of sp³-hybridized carbons (Fsp3) is 0.0909. The predicted molar refractivity (Wildman–Crippen MR) is 69.4 cm³/mol. The van der Waals surface area contributed by atoms with Gasteiger partial charge in [0.2, 0.25) is 0 Å². The van der Waals surface area contributed by atoms with E-state index < -0.39 is 10.8 Å². The number of aromatic amines is 1. The molecule has 0 aliphatic rings. The van der Waals surface area contributed by atoms with Crippen molar-refractivity contribution in [3.05, 3.63) is 50.7 Å². The zero-order valence-electron chi connectivity index (χ0n) is 9.81. The van der Waals surface area contributed by atoms with Crippen LogP contribution in [0.3, 0.4) is 0 Å². The van der Waals surface area contributed by atoms with Crippen molar-refractivity contribution in [3.63, 3.8) is 0 Å². The Morgan fingerprint density at radius 1 is 1.53 bits per heavy atom. The number of aryl methyl sites for hydroxylation is 1. The van der Waals surface area contributed by atoms with Crippen LogP contribution in [-0.2, 0) is 0 Å². The number of amides is 1. The lowest BCUT2D eigenvalue weighted by molar-refractivity contribution is -0.384. The van der Waals surface area contributed by atoms with E-state index in [9.17, 15) is 14.9 Å². The number of nitro benzene ring substituents is 1. The van der Waals surface area contributed by atoms with Crippen molar-refractivity contribution in [3.8, 4) is 0 Å². The Labute approximate surface area is 112 Å². The van der Waals surface area contributed by atoms with E-state index in [1.807, 2.05) is 0 Å². The quantitative estimate of drug-likeness (QED) is 0.666. The SMILES string of the molecule is Cc1cn[nH]c1NC(=O)c1cccc([N+](=O)[O-])c1Cl. The van der Waals surface area contributed by atoms with E-state index >= 15 is 0 Å². The molecule has 0 unspecified atom stereocenters. The standard InChI is InChI=1S/C11H9ClN4O3/c1-6-5-13-15-10(6)14-11(17)7-3-2-4-8(9(7)12)16(18)19/h2-5H,1H3,(H2,13,14,15,17). The van der Waals surface area contributed by atoms with E-state index in [2.05, 4.69) is 15.5 Å². The molecule has 1 aromatic heterocycles. The fourth-order valence-corrected chi connectivity index (χ4v) is 1.77. The van der Waals surface area contributed by atoms with E-state index in [1.54, 1.807) is 13.1 Å². The molecule has 98 valence electrons. The second-order valence-electron chi connectivity index (χ2n) is 3.78. The van der Waals surface area contributed by atoms with Crippen LogP contribution in [0.5, 0.6) is 0 Å². The minimum atomic E-state index is -0.638. The number of carbonyl (C=O) groups is 1. The number of rotatable bonds is 3. The third-order valence-electron chi connectivity index (χ3n) is 2.49. The summed E-state index contributed by atoms with van der Waals surface area (Å²) in [5.41, 5.74) is 0.468. The minimum Gasteiger partial charge on any atom is -0.307 e. The summed E-state index contributed by atoms with van der Waals surface area (Å²) in [6, 6.07) is 4.05. The smallest absolute Gasteiger partial charge is 0.288 e. The Bertz CT molecular complexity index is 653. The van der Waals surface area contributed by atoms with Crippen LogP contribution in [0.4, 0.5) is 11.5 Å². The Kier molecular flexibility index (Phi) is 3.48. The Morgan fingerprint density at radius 2 is 2.26 bits per heavy atom. The van der Waals surface area contributed by atoms with Crippen LogP contribution in [-0.4, -0.2) is 21.0 Å². The number of halogens is 1. The van der Waals surface area contributed by atoms with Crippen molar-refractivity contribution in [1.82, 2.24) is 10.2 Å². The first-order chi connectivity index (χ1) is 9.00. The van der Waals surface area contributed by atoms with Gasteiger partial charge in [0.05, 0.1) is 16.7 Å². The van der Waals surface area contributed by atoms with Gasteiger partial charge in [-0.25, -0.2) is 0 Å². The summed E-state index contributed by atoms with van der Waals surface area (Å²) >= 11 is 5.85. The van der Waals surface area contributed by atoms with Gasteiger partial charge in [-0.05, 0) is 13.0 Å². The van der Waals surface area contributed by atoms with Crippen LogP contribution in [0, 0.1) is 17.0 Å². The van der Waals surface area contributed by atoms with Crippen LogP contribution >= 0.6 is 11.6 Å². The van der Waals surface area contributed by atoms with Crippen LogP contribution in [0.15, 0.2) is 24.4 Å². The van der Waals surface area contributed by atoms with Gasteiger partial charge in [-0.15, -0.1) is 0 Å². The summed E-state index contributed by atoms with van der Waals surface area (Å²) in [5, 5.41) is 19.5. The average Bonchev–Trinajstić information content (AvgIpc) is 2.74. The molecular formula is C11H9ClN4O3. The first-order valence-electron chi connectivity index (χ1n) is 5.25. The molecule has 0 fully saturated rings. The molecule has 2 aromatic rings. The molecule has 1 amide bonds. The molecule has 2 N–H and O–H groups in total. The largest absolute Gasteiger partial charge is 0.307 e. The molecule has 8 heteroatoms. The van der Waals surface area contributed by atoms with Crippen molar-refractivity contribution >= 4 is 29.0 Å². The molecule has 0 saturated heterocycles. The van der Waals surface area contributed by atoms with Crippen LogP contribution in [0.2, 0.25) is 5.02 Å². The number of hydrogen-bond acceptors (Lipinski definition) is 4. The molecule has 1 heterocycles. The summed E-state index contributed by atoms with van der Waals surface area (Å²) in [4.78, 5) is 22.1. The minimum absolute atomic E-state index is 0.0323. The lowest BCUT2D eigenvalue weighted by atomic mass is 10.2. The van der Waals surface area contributed by atoms with Crippen LogP contribution in [0.1, 0.15) is 15.9 Å². The predicted octanol–water partition coefficient (Wildman–Crippen LogP) is 2.53. The van der Waals surface area contributed by atoms with E-state index in [4.69, 9.17) is 11.6 Å². The number of benzene rings is 1. The van der Waals surface area contributed by atoms with Gasteiger partial charge in [0.15, 0.2) is 0 Å². The lowest BCUT2D eigenvalue weighted by Crippen LogP contribution is -2.14. The van der Waals surface area contributed by atoms with Crippen molar-refractivity contribution in [2.75, 3.05) is 5.32 Å². The average molecular weight is 281 g/mol. The Hall–Kier alpha value is -2.41. The van der Waals surface area contributed by atoms with Gasteiger partial charge in [0.25, 0.3) is 11.6 Å². The molecule has 19 heavy (non-hydrogen) atoms. The molecule has 0 aliphatic heterocycles. The van der Waals surface area contributed by atoms with Gasteiger partial charge in [0, 0.05) is 11.6 Å². The Morgan fingerprint density at radius 3 is 2.84 bits per heavy atom. The number of nitro groups is 1. The highest BCUT2D eigenvalue weighted by Gasteiger charge is 2.20. The second-order valence-corrected chi connectivity index (χ2v) is 4.16. The second kappa shape index (κ2) is 5.07. The topological polar surface area (TPSA) is 101 Å². The molecular weight excluding hydrogens is 272 g/mol. The molecule has 0 aliphatic carbocycles. The van der Waals surface area contributed by atoms with E-state index in [-0.39, 0.29) is 16.3 Å². The number of H-pyrrole nitrogens is 1. The fourth-order valence-electron chi connectivity index (χ4n) is 1.49. The first kappa shape index (κ1) is 13.0. The Balaban J connectivity index is 2.32. The number of hydrogen-bond donors (Lipinski definition) is 2. The molecule has 2 rings (SSSR count). The molecule has 0 bridgehead atoms. The number of nitrogens with zero attached hydrogens (tertiary/aromatic N) is 2. The molecule has 0 spiro atoms. The molecule has 7 nitrogen and oxygen atoms in total. The van der Waals surface area contributed by atoms with E-state index in [0.717, 1.165) is 5.56 Å². The summed E-state index contributed by atoms with van der Waals surface area (Å²) < 4.78 is 0. The number of aromatic nitrogens is 2. The van der Waals surface area contributed by atoms with Gasteiger partial charge in [-0.2, -0.15) is 5.10 Å². The highest BCUT2D eigenvalue weighted by Crippen LogP contribution is 2.28. The lowest BCUT2D eigenvalue weighted by Gasteiger charge is -2.05. The molecule has 0 saturated carbocycles. The summed E-state index contributed by atoms with van der Waals surface area (Å²) in [6.45, 7) is 1.76. The van der Waals surface area contributed by atoms with Crippen LogP contribution < -0.4 is 5.32 Å². The highest BCUT2D eigenvalue weighted by atomic mass is 35.5. The van der Waals surface area contributed by atoms with Gasteiger partial charge in [-0.3, -0.25) is 20.0 Å². The zero-order chi connectivity index (χ0) is 14.0. The maximum absolute atomic E-state index is 12.0. The highest BCUT2D eigenvalue weighted by molar-refractivity contribution is 6.36. The van der Waals surface area contributed by atoms with Gasteiger partial charge in [-0.1, -0.05) is 17.7 Å². The van der Waals surface area contributed by atoms with E-state index in [1.165, 1.54) is 18.2 Å². The molecule has 0 atom stereocenters. The van der Waals surface area contributed by atoms with Crippen molar-refractivity contribution < 1.29 is 9.72 Å². The molecule has 0 radical (unpaired) electrons. The van der Waals surface area contributed by atoms with Gasteiger partial charge < -0.3 is 5.32 Å². The van der Waals surface area contributed by atoms with Gasteiger partial charge in [0.1, 0.15) is 10.8 Å². The van der Waals surface area contributed by atoms with Crippen molar-refractivity contribution in [2.45, 2.75) is 6.92 Å². The zero-order valence-corrected chi connectivity index (χ0v) is 10.6. The summed E-state index contributed by atoms with van der Waals surface area (Å²) in [5.74, 6) is -0.117. The number of anilines is 1. The van der Waals surface area contributed by atoms with E-state index in [0.29, 0.717) is 5.82 Å². The monoisotopic (exact) mass is 280 g/mol. The van der Waals surface area contributed by atoms with Crippen molar-refractivity contribution in [2.24, 2.45) is 0 Å². The molecule has 1 aromatic carbocycles. The third-order valence-corrected chi connectivity index (χ3v) is 2.88. The van der Waals surface area contributed by atoms with Crippen molar-refractivity contribution in [1.29, 1.82) is 0 Å². The van der Waals surface area contributed by atoms with Gasteiger partial charge >= 0.3 is 0 Å². The number of carbonyl (C=O) groups excluding carboxylic acids is 1. The number of nitrogens with one attached hydrogen (secondary N) is 2. The maximum Gasteiger partial charge on any atom is 0.288 e. The normalized spacial score (nSPS) is 10.2. The summed E-state index contributed by atoms with van der Waals surface area (Å²) in [7, 11) is 0. The third kappa shape index (κ3) is 2.55. The summed E-state index contributed by atoms with van der Waals surface area (Å²) in [6.07, 6.45) is 1.55. The van der Waals surface area contributed by atoms with Crippen LogP contribution in [0.25, 0.3) is 0 Å². The maximum atomic E-state index is 12.0.